The van der Waals surface area contributed by atoms with Crippen LogP contribution in [-0.4, -0.2) is 33.9 Å². The number of hydrogen-bond acceptors (Lipinski definition) is 5. The molecule has 0 aliphatic heterocycles. The molecule has 1 unspecified atom stereocenters. The second-order valence-electron chi connectivity index (χ2n) is 8.63. The lowest BCUT2D eigenvalue weighted by Crippen LogP contribution is -2.33. The number of amides is 1. The van der Waals surface area contributed by atoms with Crippen molar-refractivity contribution in [3.8, 4) is 0 Å². The second-order valence-corrected chi connectivity index (χ2v) is 9.57. The van der Waals surface area contributed by atoms with Gasteiger partial charge >= 0.3 is 0 Å². The lowest BCUT2D eigenvalue weighted by Gasteiger charge is -2.23. The van der Waals surface area contributed by atoms with Crippen molar-refractivity contribution < 1.29 is 9.53 Å². The van der Waals surface area contributed by atoms with Gasteiger partial charge in [-0.3, -0.25) is 14.2 Å². The number of rotatable bonds is 11. The first-order valence-electron chi connectivity index (χ1n) is 11.4. The minimum absolute atomic E-state index is 0.0702. The SMILES string of the molecule is CC(C)OCCCn1c(SCC(=O)NC(c2ccccc2)C(C)C)nc2ccccc2c1=O. The first kappa shape index (κ1) is 25.0. The zero-order valence-electron chi connectivity index (χ0n) is 19.8. The van der Waals surface area contributed by atoms with Crippen molar-refractivity contribution in [2.45, 2.75) is 58.0 Å². The van der Waals surface area contributed by atoms with E-state index in [0.717, 1.165) is 5.56 Å². The summed E-state index contributed by atoms with van der Waals surface area (Å²) in [5.41, 5.74) is 1.64. The fourth-order valence-corrected chi connectivity index (χ4v) is 4.47. The van der Waals surface area contributed by atoms with Crippen molar-refractivity contribution in [1.82, 2.24) is 14.9 Å². The maximum absolute atomic E-state index is 13.1. The van der Waals surface area contributed by atoms with Gasteiger partial charge in [-0.15, -0.1) is 0 Å². The molecule has 0 saturated heterocycles. The van der Waals surface area contributed by atoms with E-state index in [1.54, 1.807) is 10.6 Å². The number of ether oxygens (including phenoxy) is 1. The van der Waals surface area contributed by atoms with Crippen LogP contribution in [0.1, 0.15) is 45.7 Å². The lowest BCUT2D eigenvalue weighted by molar-refractivity contribution is -0.119. The van der Waals surface area contributed by atoms with Gasteiger partial charge in [-0.25, -0.2) is 4.98 Å². The van der Waals surface area contributed by atoms with Crippen molar-refractivity contribution in [3.63, 3.8) is 0 Å². The highest BCUT2D eigenvalue weighted by molar-refractivity contribution is 7.99. The molecule has 0 aliphatic carbocycles. The Morgan fingerprint density at radius 1 is 1.06 bits per heavy atom. The van der Waals surface area contributed by atoms with E-state index >= 15 is 0 Å². The van der Waals surface area contributed by atoms with Gasteiger partial charge < -0.3 is 10.1 Å². The smallest absolute Gasteiger partial charge is 0.262 e. The average molecular weight is 468 g/mol. The molecular weight excluding hydrogens is 434 g/mol. The number of carbonyl (C=O) groups excluding carboxylic acids is 1. The molecule has 1 aromatic heterocycles. The molecule has 176 valence electrons. The fraction of sp³-hybridized carbons (Fsp3) is 0.423. The molecule has 1 heterocycles. The Bertz CT molecular complexity index is 1110. The monoisotopic (exact) mass is 467 g/mol. The molecule has 0 radical (unpaired) electrons. The molecule has 0 bridgehead atoms. The van der Waals surface area contributed by atoms with E-state index in [-0.39, 0.29) is 35.3 Å². The number of para-hydroxylation sites is 1. The predicted molar refractivity (Wildman–Crippen MR) is 135 cm³/mol. The van der Waals surface area contributed by atoms with Crippen LogP contribution < -0.4 is 10.9 Å². The molecule has 3 rings (SSSR count). The minimum atomic E-state index is -0.0857. The molecule has 1 atom stereocenters. The van der Waals surface area contributed by atoms with Gasteiger partial charge in [0, 0.05) is 13.2 Å². The highest BCUT2D eigenvalue weighted by Gasteiger charge is 2.19. The van der Waals surface area contributed by atoms with Gasteiger partial charge in [0.15, 0.2) is 5.16 Å². The molecule has 0 spiro atoms. The normalized spacial score (nSPS) is 12.4. The predicted octanol–water partition coefficient (Wildman–Crippen LogP) is 4.82. The molecule has 1 amide bonds. The fourth-order valence-electron chi connectivity index (χ4n) is 3.64. The summed E-state index contributed by atoms with van der Waals surface area (Å²) in [6, 6.07) is 17.2. The van der Waals surface area contributed by atoms with Gasteiger partial charge in [-0.2, -0.15) is 0 Å². The summed E-state index contributed by atoms with van der Waals surface area (Å²) in [7, 11) is 0. The zero-order chi connectivity index (χ0) is 23.8. The van der Waals surface area contributed by atoms with E-state index < -0.39 is 0 Å². The highest BCUT2D eigenvalue weighted by atomic mass is 32.2. The second kappa shape index (κ2) is 12.0. The number of fused-ring (bicyclic) bond motifs is 1. The van der Waals surface area contributed by atoms with E-state index in [0.29, 0.717) is 35.6 Å². The van der Waals surface area contributed by atoms with E-state index in [1.165, 1.54) is 11.8 Å². The lowest BCUT2D eigenvalue weighted by atomic mass is 9.96. The van der Waals surface area contributed by atoms with E-state index in [9.17, 15) is 9.59 Å². The first-order chi connectivity index (χ1) is 15.9. The Morgan fingerprint density at radius 3 is 2.45 bits per heavy atom. The maximum Gasteiger partial charge on any atom is 0.262 e. The van der Waals surface area contributed by atoms with Crippen LogP contribution >= 0.6 is 11.8 Å². The van der Waals surface area contributed by atoms with Crippen molar-refractivity contribution in [3.05, 3.63) is 70.5 Å². The molecule has 6 nitrogen and oxygen atoms in total. The third-order valence-corrected chi connectivity index (χ3v) is 6.25. The van der Waals surface area contributed by atoms with Crippen LogP contribution in [-0.2, 0) is 16.1 Å². The summed E-state index contributed by atoms with van der Waals surface area (Å²) in [6.45, 7) is 9.22. The molecule has 0 saturated carbocycles. The van der Waals surface area contributed by atoms with E-state index in [4.69, 9.17) is 9.72 Å². The van der Waals surface area contributed by atoms with Gasteiger partial charge in [0.05, 0.1) is 28.8 Å². The van der Waals surface area contributed by atoms with Gasteiger partial charge in [0.25, 0.3) is 5.56 Å². The van der Waals surface area contributed by atoms with Crippen LogP contribution in [0.25, 0.3) is 10.9 Å². The average Bonchev–Trinajstić information content (AvgIpc) is 2.80. The number of hydrogen-bond donors (Lipinski definition) is 1. The molecular formula is C26H33N3O3S. The van der Waals surface area contributed by atoms with Crippen LogP contribution in [0.15, 0.2) is 64.5 Å². The molecule has 7 heteroatoms. The van der Waals surface area contributed by atoms with Crippen molar-refractivity contribution in [2.75, 3.05) is 12.4 Å². The van der Waals surface area contributed by atoms with Crippen molar-refractivity contribution in [2.24, 2.45) is 5.92 Å². The summed E-state index contributed by atoms with van der Waals surface area (Å²) < 4.78 is 7.30. The van der Waals surface area contributed by atoms with Gasteiger partial charge in [-0.05, 0) is 43.9 Å². The van der Waals surface area contributed by atoms with Crippen LogP contribution in [0, 0.1) is 5.92 Å². The summed E-state index contributed by atoms with van der Waals surface area (Å²) in [5, 5.41) is 4.28. The molecule has 0 fully saturated rings. The van der Waals surface area contributed by atoms with Crippen molar-refractivity contribution >= 4 is 28.6 Å². The maximum atomic E-state index is 13.1. The number of benzene rings is 2. The summed E-state index contributed by atoms with van der Waals surface area (Å²) in [5.74, 6) is 0.350. The summed E-state index contributed by atoms with van der Waals surface area (Å²) >= 11 is 1.30. The van der Waals surface area contributed by atoms with E-state index in [2.05, 4.69) is 19.2 Å². The Balaban J connectivity index is 1.75. The minimum Gasteiger partial charge on any atom is -0.379 e. The summed E-state index contributed by atoms with van der Waals surface area (Å²) in [4.78, 5) is 30.7. The topological polar surface area (TPSA) is 73.2 Å². The number of thioether (sulfide) groups is 1. The Labute approximate surface area is 199 Å². The van der Waals surface area contributed by atoms with Crippen LogP contribution in [0.3, 0.4) is 0 Å². The van der Waals surface area contributed by atoms with Crippen LogP contribution in [0.5, 0.6) is 0 Å². The Morgan fingerprint density at radius 2 is 1.76 bits per heavy atom. The number of nitrogens with one attached hydrogen (secondary N) is 1. The third-order valence-electron chi connectivity index (χ3n) is 5.28. The molecule has 33 heavy (non-hydrogen) atoms. The Kier molecular flexibility index (Phi) is 9.09. The van der Waals surface area contributed by atoms with Crippen LogP contribution in [0.2, 0.25) is 0 Å². The highest BCUT2D eigenvalue weighted by Crippen LogP contribution is 2.23. The molecule has 3 aromatic rings. The van der Waals surface area contributed by atoms with Crippen molar-refractivity contribution in [1.29, 1.82) is 0 Å². The Hall–Kier alpha value is -2.64. The van der Waals surface area contributed by atoms with E-state index in [1.807, 2.05) is 62.4 Å². The largest absolute Gasteiger partial charge is 0.379 e. The van der Waals surface area contributed by atoms with Gasteiger partial charge in [0.2, 0.25) is 5.91 Å². The zero-order valence-corrected chi connectivity index (χ0v) is 20.6. The molecule has 2 aromatic carbocycles. The first-order valence-corrected chi connectivity index (χ1v) is 12.4. The standard InChI is InChI=1S/C26H33N3O3S/c1-18(2)24(20-11-6-5-7-12-20)28-23(30)17-33-26-27-22-14-9-8-13-21(22)25(31)29(26)15-10-16-32-19(3)4/h5-9,11-14,18-19,24H,10,15-17H2,1-4H3,(H,28,30). The van der Waals surface area contributed by atoms with Crippen LogP contribution in [0.4, 0.5) is 0 Å². The van der Waals surface area contributed by atoms with Gasteiger partial charge in [0.1, 0.15) is 0 Å². The number of nitrogens with zero attached hydrogens (tertiary/aromatic N) is 2. The summed E-state index contributed by atoms with van der Waals surface area (Å²) in [6.07, 6.45) is 0.842. The molecule has 1 N–H and O–H groups in total. The van der Waals surface area contributed by atoms with Gasteiger partial charge in [-0.1, -0.05) is 68.1 Å². The number of aromatic nitrogens is 2. The third kappa shape index (κ3) is 6.92. The quantitative estimate of drug-likeness (QED) is 0.249. The number of carbonyl (C=O) groups is 1. The molecule has 0 aliphatic rings.